The molecule has 0 aromatic carbocycles. The number of nitrogens with two attached hydrogens (primary N) is 3. The summed E-state index contributed by atoms with van der Waals surface area (Å²) >= 11 is 7.95. The summed E-state index contributed by atoms with van der Waals surface area (Å²) in [6.45, 7) is 3.09. The van der Waals surface area contributed by atoms with E-state index < -0.39 is 96.9 Å². The number of thiol groups is 2. The predicted octanol–water partition coefficient (Wildman–Crippen LogP) is -5.73. The Balaban J connectivity index is 5.55. The molecule has 22 heteroatoms. The highest BCUT2D eigenvalue weighted by Crippen LogP contribution is 2.07. The minimum atomic E-state index is -1.62. The molecule has 0 spiro atoms. The number of aliphatic imine (C=N–C) groups is 1. The first-order chi connectivity index (χ1) is 22.9. The summed E-state index contributed by atoms with van der Waals surface area (Å²) in [4.78, 5) is 91.8. The second kappa shape index (κ2) is 23.5. The first-order valence-corrected chi connectivity index (χ1v) is 16.5. The number of aliphatic hydroxyl groups is 2. The summed E-state index contributed by atoms with van der Waals surface area (Å²) in [5, 5.41) is 43.0. The zero-order valence-electron chi connectivity index (χ0n) is 27.5. The van der Waals surface area contributed by atoms with Crippen LogP contribution in [-0.2, 0) is 33.6 Å². The molecule has 0 unspecified atom stereocenters. The van der Waals surface area contributed by atoms with Crippen LogP contribution >= 0.6 is 25.3 Å². The number of nitrogens with one attached hydrogen (secondary N) is 6. The fourth-order valence-electron chi connectivity index (χ4n) is 3.90. The molecule has 20 nitrogen and oxygen atoms in total. The van der Waals surface area contributed by atoms with Crippen molar-refractivity contribution >= 4 is 72.6 Å². The molecule has 0 saturated heterocycles. The average Bonchev–Trinajstić information content (AvgIpc) is 3.04. The number of carboxylic acids is 1. The molecule has 6 amide bonds. The van der Waals surface area contributed by atoms with Crippen molar-refractivity contribution in [2.24, 2.45) is 28.1 Å². The molecule has 0 aliphatic carbocycles. The highest BCUT2D eigenvalue weighted by molar-refractivity contribution is 7.80. The van der Waals surface area contributed by atoms with Gasteiger partial charge in [0, 0.05) is 18.1 Å². The normalized spacial score (nSPS) is 15.2. The lowest BCUT2D eigenvalue weighted by Crippen LogP contribution is -2.61. The van der Waals surface area contributed by atoms with Crippen LogP contribution in [0.25, 0.3) is 0 Å². The molecule has 0 rings (SSSR count). The van der Waals surface area contributed by atoms with Gasteiger partial charge in [0.25, 0.3) is 0 Å². The van der Waals surface area contributed by atoms with E-state index in [0.717, 1.165) is 0 Å². The maximum Gasteiger partial charge on any atom is 0.326 e. The molecule has 0 bridgehead atoms. The van der Waals surface area contributed by atoms with Crippen LogP contribution in [0.5, 0.6) is 0 Å². The van der Waals surface area contributed by atoms with E-state index in [1.807, 2.05) is 0 Å². The number of carboxylic acid groups (broad SMARTS) is 1. The summed E-state index contributed by atoms with van der Waals surface area (Å²) in [7, 11) is 0. The zero-order valence-corrected chi connectivity index (χ0v) is 29.3. The largest absolute Gasteiger partial charge is 0.480 e. The number of aliphatic hydroxyl groups excluding tert-OH is 2. The van der Waals surface area contributed by atoms with Crippen molar-refractivity contribution in [2.45, 2.75) is 82.3 Å². The number of guanidine groups is 1. The molecular weight excluding hydrogens is 688 g/mol. The molecule has 0 fully saturated rings. The average molecular weight is 739 g/mol. The molecule has 0 aromatic rings. The molecule has 0 aromatic heterocycles. The SMILES string of the molecule is CC(C)C[C@H](NC(=O)[C@H](CO)NC(=O)[C@H](C)NC(=O)[C@@H](N)CS)C(=O)N[C@@H](CO)C(=O)N[C@@H](CS)C(=O)N[C@@H](CCCN=C(N)N)C(=O)O. The van der Waals surface area contributed by atoms with Gasteiger partial charge in [0.15, 0.2) is 5.96 Å². The van der Waals surface area contributed by atoms with Crippen molar-refractivity contribution in [1.82, 2.24) is 31.9 Å². The molecule has 0 radical (unpaired) electrons. The van der Waals surface area contributed by atoms with E-state index in [0.29, 0.717) is 0 Å². The van der Waals surface area contributed by atoms with Crippen molar-refractivity contribution in [1.29, 1.82) is 0 Å². The Hall–Kier alpha value is -3.86. The number of hydrogen-bond donors (Lipinski definition) is 14. The number of rotatable bonds is 23. The number of hydrogen-bond acceptors (Lipinski definition) is 13. The van der Waals surface area contributed by atoms with E-state index in [9.17, 15) is 48.9 Å². The third-order valence-electron chi connectivity index (χ3n) is 6.63. The number of carbonyl (C=O) groups is 7. The van der Waals surface area contributed by atoms with Gasteiger partial charge in [0.1, 0.15) is 36.3 Å². The van der Waals surface area contributed by atoms with Crippen molar-refractivity contribution in [3.63, 3.8) is 0 Å². The van der Waals surface area contributed by atoms with Crippen molar-refractivity contribution < 1.29 is 48.9 Å². The van der Waals surface area contributed by atoms with Crippen LogP contribution in [0.1, 0.15) is 40.0 Å². The van der Waals surface area contributed by atoms with Gasteiger partial charge >= 0.3 is 5.97 Å². The highest BCUT2D eigenvalue weighted by Gasteiger charge is 2.32. The highest BCUT2D eigenvalue weighted by atomic mass is 32.1. The van der Waals surface area contributed by atoms with E-state index in [1.54, 1.807) is 13.8 Å². The molecular formula is C27H50N10O10S2. The lowest BCUT2D eigenvalue weighted by molar-refractivity contribution is -0.142. The predicted molar refractivity (Wildman–Crippen MR) is 184 cm³/mol. The number of carbonyl (C=O) groups excluding carboxylic acids is 6. The van der Waals surface area contributed by atoms with Crippen LogP contribution in [-0.4, -0.2) is 136 Å². The van der Waals surface area contributed by atoms with Gasteiger partial charge in [-0.05, 0) is 32.1 Å². The smallest absolute Gasteiger partial charge is 0.326 e. The molecule has 15 N–H and O–H groups in total. The fourth-order valence-corrected chi connectivity index (χ4v) is 4.32. The number of amides is 6. The first-order valence-electron chi connectivity index (χ1n) is 15.2. The van der Waals surface area contributed by atoms with Gasteiger partial charge in [-0.2, -0.15) is 25.3 Å². The molecule has 0 aliphatic heterocycles. The Kier molecular flexibility index (Phi) is 21.6. The van der Waals surface area contributed by atoms with E-state index in [2.05, 4.69) is 62.2 Å². The van der Waals surface area contributed by atoms with Crippen LogP contribution in [0.2, 0.25) is 0 Å². The van der Waals surface area contributed by atoms with E-state index >= 15 is 0 Å². The van der Waals surface area contributed by atoms with Crippen LogP contribution < -0.4 is 49.1 Å². The Labute approximate surface area is 294 Å². The van der Waals surface area contributed by atoms with Crippen molar-refractivity contribution in [2.75, 3.05) is 31.3 Å². The second-order valence-corrected chi connectivity index (χ2v) is 12.0. The quantitative estimate of drug-likeness (QED) is 0.0201. The minimum absolute atomic E-state index is 0.0158. The number of nitrogens with zero attached hydrogens (tertiary/aromatic N) is 1. The lowest BCUT2D eigenvalue weighted by Gasteiger charge is -2.26. The van der Waals surface area contributed by atoms with Gasteiger partial charge in [-0.3, -0.25) is 33.8 Å². The zero-order chi connectivity index (χ0) is 37.8. The topological polar surface area (TPSA) is 343 Å². The Morgan fingerprint density at radius 1 is 0.653 bits per heavy atom. The molecule has 0 heterocycles. The summed E-state index contributed by atoms with van der Waals surface area (Å²) in [6.07, 6.45) is 0.207. The van der Waals surface area contributed by atoms with Gasteiger partial charge in [-0.25, -0.2) is 4.79 Å². The molecule has 49 heavy (non-hydrogen) atoms. The van der Waals surface area contributed by atoms with Crippen LogP contribution in [0, 0.1) is 5.92 Å². The second-order valence-electron chi connectivity index (χ2n) is 11.3. The maximum atomic E-state index is 13.2. The molecule has 280 valence electrons. The summed E-state index contributed by atoms with van der Waals surface area (Å²) in [6, 6.07) is -9.33. The number of aliphatic carboxylic acids is 1. The standard InChI is InChI=1S/C27H50N10O10S2/c1-12(2)7-16(34-23(43)17(8-38)35-20(40)13(3)32-21(41)14(28)10-48)22(42)36-18(9-39)24(44)37-19(11-49)25(45)33-15(26(46)47)5-4-6-31-27(29)30/h12-19,38-39,48-49H,4-11,28H2,1-3H3,(H,32,41)(H,33,45)(H,34,43)(H,35,40)(H,36,42)(H,37,44)(H,46,47)(H4,29,30,31)/t13-,14-,15-,16-,17-,18-,19-/m0/s1. The maximum absolute atomic E-state index is 13.2. The molecule has 0 saturated carbocycles. The van der Waals surface area contributed by atoms with Gasteiger partial charge in [0.05, 0.1) is 19.3 Å². The third-order valence-corrected chi connectivity index (χ3v) is 7.39. The lowest BCUT2D eigenvalue weighted by atomic mass is 10.0. The molecule has 0 aliphatic rings. The third kappa shape index (κ3) is 17.4. The van der Waals surface area contributed by atoms with Crippen LogP contribution in [0.4, 0.5) is 0 Å². The van der Waals surface area contributed by atoms with Crippen LogP contribution in [0.3, 0.4) is 0 Å². The van der Waals surface area contributed by atoms with E-state index in [1.165, 1.54) is 6.92 Å². The minimum Gasteiger partial charge on any atom is -0.480 e. The fraction of sp³-hybridized carbons (Fsp3) is 0.704. The molecule has 7 atom stereocenters. The Morgan fingerprint density at radius 3 is 1.55 bits per heavy atom. The summed E-state index contributed by atoms with van der Waals surface area (Å²) in [5.74, 6) is -7.29. The van der Waals surface area contributed by atoms with Gasteiger partial charge in [-0.1, -0.05) is 13.8 Å². The van der Waals surface area contributed by atoms with Crippen molar-refractivity contribution in [3.8, 4) is 0 Å². The van der Waals surface area contributed by atoms with Gasteiger partial charge in [0.2, 0.25) is 35.4 Å². The van der Waals surface area contributed by atoms with Gasteiger partial charge < -0.3 is 64.4 Å². The summed E-state index contributed by atoms with van der Waals surface area (Å²) < 4.78 is 0. The summed E-state index contributed by atoms with van der Waals surface area (Å²) in [5.41, 5.74) is 16.0. The monoisotopic (exact) mass is 738 g/mol. The van der Waals surface area contributed by atoms with Crippen molar-refractivity contribution in [3.05, 3.63) is 0 Å². The first kappa shape index (κ1) is 45.1. The van der Waals surface area contributed by atoms with Crippen LogP contribution in [0.15, 0.2) is 4.99 Å². The Morgan fingerprint density at radius 2 is 1.10 bits per heavy atom. The Bertz CT molecular complexity index is 1180. The van der Waals surface area contributed by atoms with E-state index in [4.69, 9.17) is 17.2 Å². The van der Waals surface area contributed by atoms with E-state index in [-0.39, 0.29) is 49.2 Å². The van der Waals surface area contributed by atoms with Gasteiger partial charge in [-0.15, -0.1) is 0 Å².